The van der Waals surface area contributed by atoms with E-state index in [0.29, 0.717) is 11.5 Å². The quantitative estimate of drug-likeness (QED) is 0.517. The Morgan fingerprint density at radius 3 is 2.41 bits per heavy atom. The van der Waals surface area contributed by atoms with Crippen molar-refractivity contribution in [2.75, 3.05) is 25.0 Å². The number of fused-ring (bicyclic) bond motifs is 1. The summed E-state index contributed by atoms with van der Waals surface area (Å²) in [7, 11) is 2.08. The number of nitrogens with zero attached hydrogens (tertiary/aromatic N) is 1. The van der Waals surface area contributed by atoms with Crippen LogP contribution in [-0.2, 0) is 23.2 Å². The van der Waals surface area contributed by atoms with E-state index in [2.05, 4.69) is 61.6 Å². The highest BCUT2D eigenvalue weighted by Gasteiger charge is 2.35. The SMILES string of the molecule is CC(=O)N[C@@H](Cc1cc(F)cc(F)c1)[C@@H](O)CN[C@@]1(C)CCN(C)c2ccc(CC(C)C)cc21. The molecule has 7 heteroatoms. The van der Waals surface area contributed by atoms with Crippen molar-refractivity contribution in [3.63, 3.8) is 0 Å². The minimum Gasteiger partial charge on any atom is -0.390 e. The molecule has 0 bridgehead atoms. The zero-order valence-corrected chi connectivity index (χ0v) is 20.8. The fourth-order valence-corrected chi connectivity index (χ4v) is 4.79. The van der Waals surface area contributed by atoms with Crippen LogP contribution < -0.4 is 15.5 Å². The van der Waals surface area contributed by atoms with Gasteiger partial charge in [-0.2, -0.15) is 0 Å². The minimum absolute atomic E-state index is 0.117. The Hall–Kier alpha value is -2.51. The Morgan fingerprint density at radius 1 is 1.12 bits per heavy atom. The van der Waals surface area contributed by atoms with Crippen molar-refractivity contribution in [2.24, 2.45) is 5.92 Å². The van der Waals surface area contributed by atoms with Gasteiger partial charge in [0, 0.05) is 44.4 Å². The average Bonchev–Trinajstić information content (AvgIpc) is 2.73. The number of anilines is 1. The third kappa shape index (κ3) is 6.54. The smallest absolute Gasteiger partial charge is 0.217 e. The second-order valence-corrected chi connectivity index (χ2v) is 10.2. The van der Waals surface area contributed by atoms with Crippen LogP contribution in [0.25, 0.3) is 0 Å². The molecule has 3 rings (SSSR count). The van der Waals surface area contributed by atoms with Crippen LogP contribution >= 0.6 is 0 Å². The first-order valence-corrected chi connectivity index (χ1v) is 12.0. The molecule has 1 aliphatic heterocycles. The van der Waals surface area contributed by atoms with E-state index < -0.39 is 23.8 Å². The van der Waals surface area contributed by atoms with Gasteiger partial charge in [-0.15, -0.1) is 0 Å². The number of hydrogen-bond acceptors (Lipinski definition) is 4. The molecule has 0 spiro atoms. The topological polar surface area (TPSA) is 64.6 Å². The highest BCUT2D eigenvalue weighted by molar-refractivity contribution is 5.73. The predicted octanol–water partition coefficient (Wildman–Crippen LogP) is 3.92. The molecule has 3 N–H and O–H groups in total. The molecule has 1 aliphatic rings. The van der Waals surface area contributed by atoms with Gasteiger partial charge in [-0.25, -0.2) is 8.78 Å². The number of carbonyl (C=O) groups is 1. The zero-order chi connectivity index (χ0) is 25.0. The molecule has 186 valence electrons. The number of benzene rings is 2. The van der Waals surface area contributed by atoms with Crippen molar-refractivity contribution in [2.45, 2.75) is 64.6 Å². The molecular formula is C27H37F2N3O2. The van der Waals surface area contributed by atoms with Gasteiger partial charge in [0.05, 0.1) is 12.1 Å². The van der Waals surface area contributed by atoms with E-state index in [4.69, 9.17) is 0 Å². The average molecular weight is 474 g/mol. The molecule has 0 saturated carbocycles. The largest absolute Gasteiger partial charge is 0.390 e. The third-order valence-electron chi connectivity index (χ3n) is 6.59. The number of aliphatic hydroxyl groups excluding tert-OH is 1. The fourth-order valence-electron chi connectivity index (χ4n) is 4.79. The maximum absolute atomic E-state index is 13.7. The zero-order valence-electron chi connectivity index (χ0n) is 20.8. The maximum Gasteiger partial charge on any atom is 0.217 e. The van der Waals surface area contributed by atoms with Crippen molar-refractivity contribution in [3.8, 4) is 0 Å². The van der Waals surface area contributed by atoms with Crippen molar-refractivity contribution in [1.29, 1.82) is 0 Å². The van der Waals surface area contributed by atoms with Crippen LogP contribution in [0.4, 0.5) is 14.5 Å². The molecule has 1 amide bonds. The van der Waals surface area contributed by atoms with Gasteiger partial charge in [0.15, 0.2) is 0 Å². The van der Waals surface area contributed by atoms with Gasteiger partial charge in [-0.05, 0) is 67.0 Å². The summed E-state index contributed by atoms with van der Waals surface area (Å²) in [6.45, 7) is 8.99. The van der Waals surface area contributed by atoms with Crippen LogP contribution in [0.15, 0.2) is 36.4 Å². The third-order valence-corrected chi connectivity index (χ3v) is 6.59. The molecule has 5 nitrogen and oxygen atoms in total. The lowest BCUT2D eigenvalue weighted by atomic mass is 9.82. The molecule has 0 fully saturated rings. The minimum atomic E-state index is -0.950. The standard InChI is InChI=1S/C27H37F2N3O2/c1-17(2)10-19-6-7-25-23(13-19)27(4,8-9-32(25)5)30-16-26(34)24(31-18(3)33)14-20-11-21(28)15-22(29)12-20/h6-7,11-13,15,17,24,26,30,34H,8-10,14,16H2,1-5H3,(H,31,33)/t24-,26-,27-/m0/s1. The lowest BCUT2D eigenvalue weighted by molar-refractivity contribution is -0.120. The molecule has 0 saturated heterocycles. The van der Waals surface area contributed by atoms with Crippen LogP contribution in [0.1, 0.15) is 50.8 Å². The van der Waals surface area contributed by atoms with Crippen LogP contribution in [0.2, 0.25) is 0 Å². The molecule has 2 aromatic rings. The van der Waals surface area contributed by atoms with Crippen LogP contribution in [0, 0.1) is 17.6 Å². The molecule has 0 aliphatic carbocycles. The van der Waals surface area contributed by atoms with E-state index in [0.717, 1.165) is 31.1 Å². The van der Waals surface area contributed by atoms with Crippen molar-refractivity contribution in [3.05, 3.63) is 64.7 Å². The lowest BCUT2D eigenvalue weighted by Crippen LogP contribution is -2.53. The molecule has 0 aromatic heterocycles. The van der Waals surface area contributed by atoms with E-state index in [1.165, 1.54) is 30.2 Å². The van der Waals surface area contributed by atoms with Gasteiger partial charge < -0.3 is 20.6 Å². The van der Waals surface area contributed by atoms with Gasteiger partial charge in [0.25, 0.3) is 0 Å². The Balaban J connectivity index is 1.78. The first-order chi connectivity index (χ1) is 16.0. The molecule has 2 aromatic carbocycles. The summed E-state index contributed by atoms with van der Waals surface area (Å²) < 4.78 is 27.3. The summed E-state index contributed by atoms with van der Waals surface area (Å²) in [6, 6.07) is 9.17. The van der Waals surface area contributed by atoms with E-state index in [1.54, 1.807) is 0 Å². The lowest BCUT2D eigenvalue weighted by Gasteiger charge is -2.42. The van der Waals surface area contributed by atoms with Gasteiger partial charge in [0.1, 0.15) is 11.6 Å². The summed E-state index contributed by atoms with van der Waals surface area (Å²) in [6.07, 6.45) is 1.01. The molecule has 3 atom stereocenters. The second-order valence-electron chi connectivity index (χ2n) is 10.2. The number of carbonyl (C=O) groups excluding carboxylic acids is 1. The van der Waals surface area contributed by atoms with Crippen molar-refractivity contribution in [1.82, 2.24) is 10.6 Å². The fraction of sp³-hybridized carbons (Fsp3) is 0.519. The van der Waals surface area contributed by atoms with Crippen molar-refractivity contribution >= 4 is 11.6 Å². The highest BCUT2D eigenvalue weighted by Crippen LogP contribution is 2.38. The van der Waals surface area contributed by atoms with Gasteiger partial charge >= 0.3 is 0 Å². The number of nitrogens with one attached hydrogen (secondary N) is 2. The summed E-state index contributed by atoms with van der Waals surface area (Å²) in [4.78, 5) is 14.0. The summed E-state index contributed by atoms with van der Waals surface area (Å²) in [5.41, 5.74) is 3.65. The first-order valence-electron chi connectivity index (χ1n) is 12.0. The Kier molecular flexibility index (Phi) is 8.31. The molecule has 34 heavy (non-hydrogen) atoms. The number of halogens is 2. The second kappa shape index (κ2) is 10.8. The Morgan fingerprint density at radius 2 is 1.79 bits per heavy atom. The summed E-state index contributed by atoms with van der Waals surface area (Å²) in [5, 5.41) is 17.3. The molecular weight excluding hydrogens is 436 g/mol. The maximum atomic E-state index is 13.7. The van der Waals surface area contributed by atoms with E-state index >= 15 is 0 Å². The normalized spacial score (nSPS) is 19.6. The number of amides is 1. The first kappa shape index (κ1) is 26.1. The summed E-state index contributed by atoms with van der Waals surface area (Å²) in [5.74, 6) is -1.13. The Bertz CT molecular complexity index is 993. The van der Waals surface area contributed by atoms with Crippen LogP contribution in [0.5, 0.6) is 0 Å². The highest BCUT2D eigenvalue weighted by atomic mass is 19.1. The molecule has 0 radical (unpaired) electrons. The molecule has 1 heterocycles. The monoisotopic (exact) mass is 473 g/mol. The van der Waals surface area contributed by atoms with E-state index in [1.807, 2.05) is 0 Å². The van der Waals surface area contributed by atoms with Gasteiger partial charge in [0.2, 0.25) is 5.91 Å². The van der Waals surface area contributed by atoms with Gasteiger partial charge in [-0.1, -0.05) is 26.0 Å². The van der Waals surface area contributed by atoms with E-state index in [9.17, 15) is 18.7 Å². The van der Waals surface area contributed by atoms with Gasteiger partial charge in [-0.3, -0.25) is 4.79 Å². The number of hydrogen-bond donors (Lipinski definition) is 3. The van der Waals surface area contributed by atoms with E-state index in [-0.39, 0.29) is 24.4 Å². The molecule has 0 unspecified atom stereocenters. The van der Waals surface area contributed by atoms with Crippen molar-refractivity contribution < 1.29 is 18.7 Å². The van der Waals surface area contributed by atoms with Crippen LogP contribution in [-0.4, -0.2) is 43.3 Å². The number of rotatable bonds is 9. The van der Waals surface area contributed by atoms with Crippen LogP contribution in [0.3, 0.4) is 0 Å². The Labute approximate surface area is 201 Å². The predicted molar refractivity (Wildman–Crippen MR) is 132 cm³/mol. The summed E-state index contributed by atoms with van der Waals surface area (Å²) >= 11 is 0. The number of aliphatic hydroxyl groups is 1.